The highest BCUT2D eigenvalue weighted by atomic mass is 79.9. The first-order valence-electron chi connectivity index (χ1n) is 5.79. The molecule has 1 aliphatic heterocycles. The summed E-state index contributed by atoms with van der Waals surface area (Å²) in [6, 6.07) is 4.24. The van der Waals surface area contributed by atoms with E-state index >= 15 is 0 Å². The van der Waals surface area contributed by atoms with E-state index in [1.165, 1.54) is 11.1 Å². The average Bonchev–Trinajstić information content (AvgIpc) is 2.73. The normalized spacial score (nSPS) is 15.7. The predicted octanol–water partition coefficient (Wildman–Crippen LogP) is 2.95. The van der Waals surface area contributed by atoms with Crippen molar-refractivity contribution >= 4 is 15.9 Å². The Bertz CT molecular complexity index is 372. The van der Waals surface area contributed by atoms with Gasteiger partial charge in [0, 0.05) is 17.5 Å². The SMILES string of the molecule is CCC(CO)Cc1cc(Br)cc2c1OCC2. The molecule has 0 spiro atoms. The molecule has 1 aliphatic rings. The van der Waals surface area contributed by atoms with Gasteiger partial charge in [0.05, 0.1) is 6.61 Å². The highest BCUT2D eigenvalue weighted by Gasteiger charge is 2.19. The predicted molar refractivity (Wildman–Crippen MR) is 67.9 cm³/mol. The molecule has 1 aromatic rings. The maximum absolute atomic E-state index is 9.25. The van der Waals surface area contributed by atoms with Crippen molar-refractivity contribution in [2.45, 2.75) is 26.2 Å². The third kappa shape index (κ3) is 2.41. The molecule has 3 heteroatoms. The summed E-state index contributed by atoms with van der Waals surface area (Å²) >= 11 is 3.53. The Kier molecular flexibility index (Phi) is 3.87. The Morgan fingerprint density at radius 3 is 3.00 bits per heavy atom. The first kappa shape index (κ1) is 11.9. The van der Waals surface area contributed by atoms with Gasteiger partial charge in [0.25, 0.3) is 0 Å². The molecule has 1 atom stereocenters. The van der Waals surface area contributed by atoms with Crippen LogP contribution in [0.4, 0.5) is 0 Å². The molecule has 0 aromatic heterocycles. The topological polar surface area (TPSA) is 29.5 Å². The molecule has 0 saturated heterocycles. The van der Waals surface area contributed by atoms with Gasteiger partial charge in [0.15, 0.2) is 0 Å². The van der Waals surface area contributed by atoms with Gasteiger partial charge >= 0.3 is 0 Å². The van der Waals surface area contributed by atoms with Gasteiger partial charge in [-0.1, -0.05) is 29.3 Å². The van der Waals surface area contributed by atoms with Crippen molar-refractivity contribution in [3.05, 3.63) is 27.7 Å². The monoisotopic (exact) mass is 284 g/mol. The van der Waals surface area contributed by atoms with E-state index in [2.05, 4.69) is 35.0 Å². The van der Waals surface area contributed by atoms with Crippen molar-refractivity contribution in [2.75, 3.05) is 13.2 Å². The fourth-order valence-electron chi connectivity index (χ4n) is 2.15. The Balaban J connectivity index is 2.26. The lowest BCUT2D eigenvalue weighted by atomic mass is 9.95. The second-order valence-corrected chi connectivity index (χ2v) is 5.23. The van der Waals surface area contributed by atoms with Gasteiger partial charge in [-0.25, -0.2) is 0 Å². The molecule has 1 heterocycles. The van der Waals surface area contributed by atoms with E-state index in [4.69, 9.17) is 4.74 Å². The number of benzene rings is 1. The standard InChI is InChI=1S/C13H17BrO2/c1-2-9(8-15)5-11-7-12(14)6-10-3-4-16-13(10)11/h6-7,9,15H,2-5,8H2,1H3. The average molecular weight is 285 g/mol. The molecular formula is C13H17BrO2. The largest absolute Gasteiger partial charge is 0.493 e. The van der Waals surface area contributed by atoms with E-state index in [0.717, 1.165) is 36.1 Å². The van der Waals surface area contributed by atoms with E-state index in [1.807, 2.05) is 0 Å². The molecule has 0 fully saturated rings. The van der Waals surface area contributed by atoms with Crippen molar-refractivity contribution in [3.63, 3.8) is 0 Å². The van der Waals surface area contributed by atoms with Crippen LogP contribution >= 0.6 is 15.9 Å². The molecule has 0 saturated carbocycles. The van der Waals surface area contributed by atoms with Gasteiger partial charge in [-0.2, -0.15) is 0 Å². The third-order valence-corrected chi connectivity index (χ3v) is 3.63. The Hall–Kier alpha value is -0.540. The molecular weight excluding hydrogens is 268 g/mol. The molecule has 16 heavy (non-hydrogen) atoms. The van der Waals surface area contributed by atoms with Gasteiger partial charge < -0.3 is 9.84 Å². The molecule has 1 unspecified atom stereocenters. The van der Waals surface area contributed by atoms with Crippen LogP contribution in [0, 0.1) is 5.92 Å². The van der Waals surface area contributed by atoms with Crippen LogP contribution in [0.3, 0.4) is 0 Å². The summed E-state index contributed by atoms with van der Waals surface area (Å²) in [7, 11) is 0. The van der Waals surface area contributed by atoms with Crippen LogP contribution in [0.2, 0.25) is 0 Å². The lowest BCUT2D eigenvalue weighted by Crippen LogP contribution is -2.09. The van der Waals surface area contributed by atoms with Crippen molar-refractivity contribution in [1.82, 2.24) is 0 Å². The molecule has 0 bridgehead atoms. The number of rotatable bonds is 4. The van der Waals surface area contributed by atoms with Gasteiger partial charge in [-0.3, -0.25) is 0 Å². The van der Waals surface area contributed by atoms with Crippen LogP contribution in [0.1, 0.15) is 24.5 Å². The number of hydrogen-bond acceptors (Lipinski definition) is 2. The van der Waals surface area contributed by atoms with Crippen LogP contribution in [0.15, 0.2) is 16.6 Å². The summed E-state index contributed by atoms with van der Waals surface area (Å²) in [6.45, 7) is 3.15. The zero-order chi connectivity index (χ0) is 11.5. The Morgan fingerprint density at radius 2 is 2.31 bits per heavy atom. The maximum atomic E-state index is 9.25. The van der Waals surface area contributed by atoms with E-state index in [-0.39, 0.29) is 6.61 Å². The Morgan fingerprint density at radius 1 is 1.50 bits per heavy atom. The van der Waals surface area contributed by atoms with Gasteiger partial charge in [0.2, 0.25) is 0 Å². The van der Waals surface area contributed by atoms with E-state index in [1.54, 1.807) is 0 Å². The zero-order valence-electron chi connectivity index (χ0n) is 9.50. The molecule has 1 aromatic carbocycles. The molecule has 0 radical (unpaired) electrons. The highest BCUT2D eigenvalue weighted by molar-refractivity contribution is 9.10. The second-order valence-electron chi connectivity index (χ2n) is 4.31. The van der Waals surface area contributed by atoms with Crippen LogP contribution < -0.4 is 4.74 Å². The molecule has 0 amide bonds. The van der Waals surface area contributed by atoms with Gasteiger partial charge in [-0.15, -0.1) is 0 Å². The first-order chi connectivity index (χ1) is 7.74. The van der Waals surface area contributed by atoms with Crippen molar-refractivity contribution in [3.8, 4) is 5.75 Å². The Labute approximate surface area is 105 Å². The van der Waals surface area contributed by atoms with E-state index < -0.39 is 0 Å². The number of halogens is 1. The maximum Gasteiger partial charge on any atom is 0.125 e. The lowest BCUT2D eigenvalue weighted by Gasteiger charge is -2.14. The summed E-state index contributed by atoms with van der Waals surface area (Å²) < 4.78 is 6.78. The van der Waals surface area contributed by atoms with Crippen LogP contribution in [0.5, 0.6) is 5.75 Å². The summed E-state index contributed by atoms with van der Waals surface area (Å²) in [5.74, 6) is 1.39. The van der Waals surface area contributed by atoms with Crippen molar-refractivity contribution in [2.24, 2.45) is 5.92 Å². The molecule has 2 rings (SSSR count). The first-order valence-corrected chi connectivity index (χ1v) is 6.58. The smallest absolute Gasteiger partial charge is 0.125 e. The minimum Gasteiger partial charge on any atom is -0.493 e. The van der Waals surface area contributed by atoms with Crippen molar-refractivity contribution < 1.29 is 9.84 Å². The lowest BCUT2D eigenvalue weighted by molar-refractivity contribution is 0.221. The number of aliphatic hydroxyl groups excluding tert-OH is 1. The summed E-state index contributed by atoms with van der Waals surface area (Å²) in [6.07, 6.45) is 2.89. The summed E-state index contributed by atoms with van der Waals surface area (Å²) in [5.41, 5.74) is 2.51. The van der Waals surface area contributed by atoms with Crippen LogP contribution in [-0.4, -0.2) is 18.3 Å². The van der Waals surface area contributed by atoms with Crippen LogP contribution in [0.25, 0.3) is 0 Å². The zero-order valence-corrected chi connectivity index (χ0v) is 11.1. The quantitative estimate of drug-likeness (QED) is 0.921. The molecule has 1 N–H and O–H groups in total. The number of ether oxygens (including phenoxy) is 1. The van der Waals surface area contributed by atoms with Gasteiger partial charge in [0.1, 0.15) is 5.75 Å². The van der Waals surface area contributed by atoms with Crippen LogP contribution in [-0.2, 0) is 12.8 Å². The van der Waals surface area contributed by atoms with Gasteiger partial charge in [-0.05, 0) is 35.6 Å². The number of fused-ring (bicyclic) bond motifs is 1. The minimum absolute atomic E-state index is 0.248. The van der Waals surface area contributed by atoms with E-state index in [9.17, 15) is 5.11 Å². The minimum atomic E-state index is 0.248. The number of aliphatic hydroxyl groups is 1. The summed E-state index contributed by atoms with van der Waals surface area (Å²) in [5, 5.41) is 9.25. The molecule has 2 nitrogen and oxygen atoms in total. The molecule has 0 aliphatic carbocycles. The third-order valence-electron chi connectivity index (χ3n) is 3.17. The highest BCUT2D eigenvalue weighted by Crippen LogP contribution is 2.34. The fourth-order valence-corrected chi connectivity index (χ4v) is 2.70. The fraction of sp³-hybridized carbons (Fsp3) is 0.538. The number of hydrogen-bond donors (Lipinski definition) is 1. The van der Waals surface area contributed by atoms with Crippen molar-refractivity contribution in [1.29, 1.82) is 0 Å². The second kappa shape index (κ2) is 5.19. The molecule has 88 valence electrons. The summed E-state index contributed by atoms with van der Waals surface area (Å²) in [4.78, 5) is 0. The van der Waals surface area contributed by atoms with E-state index in [0.29, 0.717) is 5.92 Å².